The number of hydrogen-bond acceptors (Lipinski definition) is 1. The highest BCUT2D eigenvalue weighted by atomic mass is 16.3. The first-order valence-electron chi connectivity index (χ1n) is 23.2. The zero-order chi connectivity index (χ0) is 45.4. The van der Waals surface area contributed by atoms with Gasteiger partial charge in [-0.25, -0.2) is 0 Å². The maximum absolute atomic E-state index is 5.79. The molecule has 0 saturated heterocycles. The first kappa shape index (κ1) is 45.6. The lowest BCUT2D eigenvalue weighted by Crippen LogP contribution is -2.15. The minimum absolute atomic E-state index is 0.0888. The van der Waals surface area contributed by atoms with E-state index in [0.29, 0.717) is 5.92 Å². The molecule has 11 rings (SSSR count). The summed E-state index contributed by atoms with van der Waals surface area (Å²) in [6, 6.07) is 57.7. The molecule has 1 aromatic heterocycles. The molecule has 8 aromatic carbocycles. The molecule has 0 radical (unpaired) electrons. The molecule has 0 spiro atoms. The van der Waals surface area contributed by atoms with E-state index >= 15 is 0 Å². The Kier molecular flexibility index (Phi) is 14.5. The number of furan rings is 1. The van der Waals surface area contributed by atoms with E-state index in [1.54, 1.807) is 0 Å². The second-order valence-electron chi connectivity index (χ2n) is 18.5. The second kappa shape index (κ2) is 20.4. The lowest BCUT2D eigenvalue weighted by Gasteiger charge is -2.22. The van der Waals surface area contributed by atoms with Gasteiger partial charge < -0.3 is 4.42 Å². The molecule has 9 aromatic rings. The van der Waals surface area contributed by atoms with Crippen LogP contribution in [0, 0.1) is 39.5 Å². The van der Waals surface area contributed by atoms with E-state index in [4.69, 9.17) is 4.42 Å². The van der Waals surface area contributed by atoms with Crippen molar-refractivity contribution in [2.75, 3.05) is 0 Å². The first-order valence-corrected chi connectivity index (χ1v) is 23.2. The highest BCUT2D eigenvalue weighted by Gasteiger charge is 2.36. The topological polar surface area (TPSA) is 13.1 Å². The number of aryl methyl sites for hydroxylation is 5. The van der Waals surface area contributed by atoms with Gasteiger partial charge >= 0.3 is 0 Å². The minimum atomic E-state index is 0.0888. The molecule has 0 amide bonds. The molecule has 1 heteroatoms. The van der Waals surface area contributed by atoms with Crippen LogP contribution < -0.4 is 0 Å². The van der Waals surface area contributed by atoms with Crippen molar-refractivity contribution in [1.29, 1.82) is 0 Å². The van der Waals surface area contributed by atoms with Crippen molar-refractivity contribution in [2.45, 2.75) is 87.5 Å². The molecule has 1 nitrogen and oxygen atoms in total. The summed E-state index contributed by atoms with van der Waals surface area (Å²) in [6.45, 7) is 22.3. The highest BCUT2D eigenvalue weighted by molar-refractivity contribution is 6.07. The van der Waals surface area contributed by atoms with E-state index in [-0.39, 0.29) is 5.41 Å². The van der Waals surface area contributed by atoms with Crippen LogP contribution in [0.3, 0.4) is 0 Å². The van der Waals surface area contributed by atoms with Gasteiger partial charge in [-0.2, -0.15) is 0 Å². The summed E-state index contributed by atoms with van der Waals surface area (Å²) in [5, 5.41) is 7.95. The molecular formula is C63H66O. The summed E-state index contributed by atoms with van der Waals surface area (Å²) < 4.78 is 5.79. The lowest BCUT2D eigenvalue weighted by atomic mass is 9.81. The van der Waals surface area contributed by atoms with Crippen LogP contribution >= 0.6 is 0 Å². The molecule has 1 unspecified atom stereocenters. The van der Waals surface area contributed by atoms with E-state index in [1.807, 2.05) is 36.4 Å². The van der Waals surface area contributed by atoms with Crippen molar-refractivity contribution in [3.63, 3.8) is 0 Å². The van der Waals surface area contributed by atoms with Crippen LogP contribution in [-0.4, -0.2) is 0 Å². The molecule has 0 bridgehead atoms. The number of allylic oxidation sites excluding steroid dienone is 4. The predicted molar refractivity (Wildman–Crippen MR) is 280 cm³/mol. The lowest BCUT2D eigenvalue weighted by molar-refractivity contribution is 0.659. The third-order valence-corrected chi connectivity index (χ3v) is 12.9. The quantitative estimate of drug-likeness (QED) is 0.169. The molecule has 2 aliphatic carbocycles. The molecule has 1 atom stereocenters. The van der Waals surface area contributed by atoms with Crippen molar-refractivity contribution >= 4 is 43.5 Å². The Morgan fingerprint density at radius 3 is 1.86 bits per heavy atom. The van der Waals surface area contributed by atoms with Gasteiger partial charge in [-0.3, -0.25) is 0 Å². The third kappa shape index (κ3) is 10.2. The summed E-state index contributed by atoms with van der Waals surface area (Å²) >= 11 is 0. The predicted octanol–water partition coefficient (Wildman–Crippen LogP) is 18.2. The number of rotatable bonds is 2. The fourth-order valence-electron chi connectivity index (χ4n) is 9.11. The molecule has 1 heterocycles. The van der Waals surface area contributed by atoms with Gasteiger partial charge in [-0.1, -0.05) is 223 Å². The van der Waals surface area contributed by atoms with E-state index in [2.05, 4.69) is 215 Å². The monoisotopic (exact) mass is 839 g/mol. The van der Waals surface area contributed by atoms with Gasteiger partial charge in [0.1, 0.15) is 11.2 Å². The Morgan fingerprint density at radius 2 is 1.20 bits per heavy atom. The molecule has 0 aliphatic heterocycles. The van der Waals surface area contributed by atoms with Crippen LogP contribution in [0.25, 0.3) is 54.6 Å². The average molecular weight is 839 g/mol. The number of benzene rings is 8. The SMILES string of the molecule is CC1C=CC(C(C)C)=CC1.CCc1cccc2oc3ccccc3c12.Cc1ccc2c(c1)C(C)(C)c1cc(C)c3ccccc3c1-2.Cc1cccc2ccccc12.Cc1ccccc1. The molecule has 0 N–H and O–H groups in total. The van der Waals surface area contributed by atoms with E-state index < -0.39 is 0 Å². The van der Waals surface area contributed by atoms with Crippen LogP contribution in [0.1, 0.15) is 86.9 Å². The highest BCUT2D eigenvalue weighted by Crippen LogP contribution is 2.52. The van der Waals surface area contributed by atoms with Gasteiger partial charge in [0.05, 0.1) is 0 Å². The Morgan fingerprint density at radius 1 is 0.578 bits per heavy atom. The largest absolute Gasteiger partial charge is 0.456 e. The normalized spacial score (nSPS) is 14.2. The molecule has 2 aliphatic rings. The summed E-state index contributed by atoms with van der Waals surface area (Å²) in [6.07, 6.45) is 9.19. The maximum atomic E-state index is 5.79. The second-order valence-corrected chi connectivity index (χ2v) is 18.5. The van der Waals surface area contributed by atoms with Crippen LogP contribution in [0.15, 0.2) is 192 Å². The maximum Gasteiger partial charge on any atom is 0.135 e. The molecule has 324 valence electrons. The van der Waals surface area contributed by atoms with Gasteiger partial charge in [-0.15, -0.1) is 0 Å². The molecular weight excluding hydrogens is 773 g/mol. The minimum Gasteiger partial charge on any atom is -0.456 e. The van der Waals surface area contributed by atoms with Crippen LogP contribution in [0.2, 0.25) is 0 Å². The molecule has 64 heavy (non-hydrogen) atoms. The summed E-state index contributed by atoms with van der Waals surface area (Å²) in [5.74, 6) is 1.45. The zero-order valence-electron chi connectivity index (χ0n) is 39.8. The van der Waals surface area contributed by atoms with Gasteiger partial charge in [-0.05, 0) is 131 Å². The Labute approximate surface area is 383 Å². The van der Waals surface area contributed by atoms with E-state index in [9.17, 15) is 0 Å². The van der Waals surface area contributed by atoms with Crippen LogP contribution in [-0.2, 0) is 11.8 Å². The first-order chi connectivity index (χ1) is 30.9. The number of para-hydroxylation sites is 1. The summed E-state index contributed by atoms with van der Waals surface area (Å²) in [7, 11) is 0. The van der Waals surface area contributed by atoms with Crippen molar-refractivity contribution in [1.82, 2.24) is 0 Å². The average Bonchev–Trinajstić information content (AvgIpc) is 3.80. The fraction of sp³-hybridized carbons (Fsp3) is 0.238. The smallest absolute Gasteiger partial charge is 0.135 e. The Bertz CT molecular complexity index is 3050. The van der Waals surface area contributed by atoms with Gasteiger partial charge in [0.25, 0.3) is 0 Å². The summed E-state index contributed by atoms with van der Waals surface area (Å²) in [4.78, 5) is 0. The van der Waals surface area contributed by atoms with Gasteiger partial charge in [0, 0.05) is 16.2 Å². The van der Waals surface area contributed by atoms with Gasteiger partial charge in [0.2, 0.25) is 0 Å². The van der Waals surface area contributed by atoms with E-state index in [0.717, 1.165) is 23.5 Å². The Balaban J connectivity index is 0.000000126. The summed E-state index contributed by atoms with van der Waals surface area (Å²) in [5.41, 5.74) is 16.1. The fourth-order valence-corrected chi connectivity index (χ4v) is 9.11. The van der Waals surface area contributed by atoms with E-state index in [1.165, 1.54) is 94.4 Å². The molecule has 0 fully saturated rings. The van der Waals surface area contributed by atoms with Crippen molar-refractivity contribution in [3.05, 3.63) is 227 Å². The third-order valence-electron chi connectivity index (χ3n) is 12.9. The number of hydrogen-bond donors (Lipinski definition) is 0. The van der Waals surface area contributed by atoms with Gasteiger partial charge in [0.15, 0.2) is 0 Å². The standard InChI is InChI=1S/C21H20.C14H12O.C11H10.C10H16.C7H8/c1-13-9-10-17-18(11-13)21(3,4)19-12-14(2)15-7-5-6-8-16(15)20(17)19;1-2-10-6-5-9-13-14(10)11-7-3-4-8-12(11)15-13;1-9-5-4-7-10-6-2-3-8-11(9)10;1-8(2)10-6-4-9(3)5-7-10;1-7-5-3-2-4-6-7/h5-12H,1-4H3;3-9H,2H2,1H3;2-8H,1H3;4,6-9H,5H2,1-3H3;2-6H,1H3. The van der Waals surface area contributed by atoms with Crippen molar-refractivity contribution in [3.8, 4) is 11.1 Å². The van der Waals surface area contributed by atoms with Crippen LogP contribution in [0.4, 0.5) is 0 Å². The van der Waals surface area contributed by atoms with Crippen LogP contribution in [0.5, 0.6) is 0 Å². The Hall–Kier alpha value is -6.44. The molecule has 0 saturated carbocycles. The zero-order valence-corrected chi connectivity index (χ0v) is 39.8. The number of fused-ring (bicyclic) bond motifs is 9. The van der Waals surface area contributed by atoms with Crippen molar-refractivity contribution < 1.29 is 4.42 Å². The van der Waals surface area contributed by atoms with Crippen molar-refractivity contribution in [2.24, 2.45) is 11.8 Å².